The summed E-state index contributed by atoms with van der Waals surface area (Å²) in [6, 6.07) is 12.7. The van der Waals surface area contributed by atoms with Crippen molar-refractivity contribution in [2.75, 3.05) is 44.2 Å². The third-order valence-corrected chi connectivity index (χ3v) is 4.81. The number of hydrogen-bond acceptors (Lipinski definition) is 3. The van der Waals surface area contributed by atoms with Gasteiger partial charge in [0.2, 0.25) is 0 Å². The highest BCUT2D eigenvalue weighted by Gasteiger charge is 2.19. The molecule has 1 aliphatic heterocycles. The third-order valence-electron chi connectivity index (χ3n) is 4.81. The first kappa shape index (κ1) is 21.5. The molecule has 146 valence electrons. The van der Waals surface area contributed by atoms with Crippen LogP contribution in [0.3, 0.4) is 0 Å². The van der Waals surface area contributed by atoms with E-state index in [4.69, 9.17) is 4.99 Å². The van der Waals surface area contributed by atoms with E-state index in [1.54, 1.807) is 0 Å². The van der Waals surface area contributed by atoms with E-state index in [1.165, 1.54) is 16.8 Å². The molecule has 5 nitrogen and oxygen atoms in total. The van der Waals surface area contributed by atoms with Crippen LogP contribution in [-0.4, -0.2) is 55.1 Å². The van der Waals surface area contributed by atoms with Gasteiger partial charge in [0.1, 0.15) is 0 Å². The molecule has 1 aromatic carbocycles. The second kappa shape index (κ2) is 11.1. The second-order valence-corrected chi connectivity index (χ2v) is 6.60. The molecular formula is C21H30IN5. The highest BCUT2D eigenvalue weighted by molar-refractivity contribution is 14.0. The molecule has 6 heteroatoms. The molecule has 0 amide bonds. The lowest BCUT2D eigenvalue weighted by atomic mass is 10.1. The lowest BCUT2D eigenvalue weighted by molar-refractivity contribution is 0.372. The molecule has 1 aromatic heterocycles. The van der Waals surface area contributed by atoms with E-state index in [1.807, 2.05) is 12.4 Å². The minimum absolute atomic E-state index is 0. The van der Waals surface area contributed by atoms with Gasteiger partial charge in [0.15, 0.2) is 5.96 Å². The van der Waals surface area contributed by atoms with E-state index in [9.17, 15) is 0 Å². The first-order valence-electron chi connectivity index (χ1n) is 9.50. The van der Waals surface area contributed by atoms with E-state index in [0.29, 0.717) is 0 Å². The number of nitrogens with one attached hydrogen (secondary N) is 1. The Kier molecular flexibility index (Phi) is 8.84. The molecule has 1 N–H and O–H groups in total. The summed E-state index contributed by atoms with van der Waals surface area (Å²) in [4.78, 5) is 13.8. The van der Waals surface area contributed by atoms with Crippen molar-refractivity contribution >= 4 is 35.6 Å². The van der Waals surface area contributed by atoms with Crippen LogP contribution in [0.25, 0.3) is 0 Å². The Morgan fingerprint density at radius 2 is 1.85 bits per heavy atom. The lowest BCUT2D eigenvalue weighted by Gasteiger charge is -2.37. The molecule has 1 fully saturated rings. The lowest BCUT2D eigenvalue weighted by Crippen LogP contribution is -2.52. The number of aryl methyl sites for hydroxylation is 1. The van der Waals surface area contributed by atoms with Gasteiger partial charge in [-0.25, -0.2) is 0 Å². The van der Waals surface area contributed by atoms with Crippen molar-refractivity contribution in [2.45, 2.75) is 20.3 Å². The minimum Gasteiger partial charge on any atom is -0.368 e. The number of nitrogens with zero attached hydrogens (tertiary/aromatic N) is 4. The van der Waals surface area contributed by atoms with Crippen molar-refractivity contribution < 1.29 is 0 Å². The number of piperazine rings is 1. The van der Waals surface area contributed by atoms with Gasteiger partial charge in [0.25, 0.3) is 0 Å². The zero-order chi connectivity index (χ0) is 18.2. The van der Waals surface area contributed by atoms with Crippen LogP contribution in [0.2, 0.25) is 0 Å². The number of benzene rings is 1. The molecular weight excluding hydrogens is 449 g/mol. The molecule has 0 atom stereocenters. The number of para-hydroxylation sites is 1. The van der Waals surface area contributed by atoms with Gasteiger partial charge in [-0.2, -0.15) is 0 Å². The zero-order valence-corrected chi connectivity index (χ0v) is 18.6. The van der Waals surface area contributed by atoms with Gasteiger partial charge in [0.05, 0.1) is 0 Å². The van der Waals surface area contributed by atoms with Crippen molar-refractivity contribution in [1.29, 1.82) is 0 Å². The fourth-order valence-electron chi connectivity index (χ4n) is 3.31. The summed E-state index contributed by atoms with van der Waals surface area (Å²) in [6.45, 7) is 9.97. The van der Waals surface area contributed by atoms with Crippen LogP contribution in [-0.2, 0) is 6.42 Å². The molecule has 27 heavy (non-hydrogen) atoms. The Labute approximate surface area is 179 Å². The summed E-state index contributed by atoms with van der Waals surface area (Å²) in [7, 11) is 0. The van der Waals surface area contributed by atoms with Crippen LogP contribution in [0.5, 0.6) is 0 Å². The number of rotatable bonds is 5. The van der Waals surface area contributed by atoms with Crippen molar-refractivity contribution in [3.05, 3.63) is 59.9 Å². The maximum Gasteiger partial charge on any atom is 0.194 e. The highest BCUT2D eigenvalue weighted by atomic mass is 127. The third kappa shape index (κ3) is 6.09. The number of guanidine groups is 1. The Morgan fingerprint density at radius 3 is 2.52 bits per heavy atom. The molecule has 0 saturated carbocycles. The number of aromatic nitrogens is 1. The van der Waals surface area contributed by atoms with Crippen molar-refractivity contribution in [2.24, 2.45) is 4.99 Å². The monoisotopic (exact) mass is 479 g/mol. The Bertz CT molecular complexity index is 712. The first-order valence-corrected chi connectivity index (χ1v) is 9.50. The predicted molar refractivity (Wildman–Crippen MR) is 124 cm³/mol. The summed E-state index contributed by atoms with van der Waals surface area (Å²) in [5, 5.41) is 3.45. The summed E-state index contributed by atoms with van der Waals surface area (Å²) >= 11 is 0. The average molecular weight is 479 g/mol. The van der Waals surface area contributed by atoms with Gasteiger partial charge in [-0.05, 0) is 49.6 Å². The van der Waals surface area contributed by atoms with Crippen LogP contribution >= 0.6 is 24.0 Å². The smallest absolute Gasteiger partial charge is 0.194 e. The largest absolute Gasteiger partial charge is 0.368 e. The minimum atomic E-state index is 0. The highest BCUT2D eigenvalue weighted by Crippen LogP contribution is 2.15. The van der Waals surface area contributed by atoms with Gasteiger partial charge in [-0.15, -0.1) is 24.0 Å². The molecule has 0 unspecified atom stereocenters. The van der Waals surface area contributed by atoms with E-state index in [-0.39, 0.29) is 24.0 Å². The molecule has 0 aliphatic carbocycles. The van der Waals surface area contributed by atoms with Gasteiger partial charge in [0, 0.05) is 57.3 Å². The summed E-state index contributed by atoms with van der Waals surface area (Å²) in [6.07, 6.45) is 4.74. The second-order valence-electron chi connectivity index (χ2n) is 6.60. The van der Waals surface area contributed by atoms with Crippen LogP contribution in [0.4, 0.5) is 5.69 Å². The molecule has 1 aliphatic rings. The van der Waals surface area contributed by atoms with Crippen molar-refractivity contribution in [3.8, 4) is 0 Å². The molecule has 1 saturated heterocycles. The van der Waals surface area contributed by atoms with Crippen LogP contribution in [0.1, 0.15) is 18.1 Å². The summed E-state index contributed by atoms with van der Waals surface area (Å²) in [5.74, 6) is 1.03. The SMILES string of the molecule is CCNC(=NCCc1ccncc1C)N1CCN(c2ccccc2)CC1.I. The first-order chi connectivity index (χ1) is 12.8. The van der Waals surface area contributed by atoms with Gasteiger partial charge >= 0.3 is 0 Å². The van der Waals surface area contributed by atoms with Crippen LogP contribution in [0, 0.1) is 6.92 Å². The Morgan fingerprint density at radius 1 is 1.11 bits per heavy atom. The maximum absolute atomic E-state index is 4.86. The van der Waals surface area contributed by atoms with Crippen LogP contribution in [0.15, 0.2) is 53.8 Å². The number of aliphatic imine (C=N–C) groups is 1. The fourth-order valence-corrected chi connectivity index (χ4v) is 3.31. The molecule has 2 heterocycles. The normalized spacial score (nSPS) is 14.7. The van der Waals surface area contributed by atoms with Gasteiger partial charge in [-0.1, -0.05) is 18.2 Å². The Balaban J connectivity index is 0.00000261. The quantitative estimate of drug-likeness (QED) is 0.406. The van der Waals surface area contributed by atoms with Crippen LogP contribution < -0.4 is 10.2 Å². The molecule has 0 radical (unpaired) electrons. The number of anilines is 1. The van der Waals surface area contributed by atoms with Gasteiger partial charge < -0.3 is 15.1 Å². The number of pyridine rings is 1. The fraction of sp³-hybridized carbons (Fsp3) is 0.429. The average Bonchev–Trinajstić information content (AvgIpc) is 2.69. The van der Waals surface area contributed by atoms with Gasteiger partial charge in [-0.3, -0.25) is 9.98 Å². The molecule has 3 rings (SSSR count). The molecule has 2 aromatic rings. The number of hydrogen-bond donors (Lipinski definition) is 1. The Hall–Kier alpha value is -1.83. The van der Waals surface area contributed by atoms with Crippen molar-refractivity contribution in [1.82, 2.24) is 15.2 Å². The molecule has 0 spiro atoms. The van der Waals surface area contributed by atoms with Crippen molar-refractivity contribution in [3.63, 3.8) is 0 Å². The zero-order valence-electron chi connectivity index (χ0n) is 16.3. The topological polar surface area (TPSA) is 43.8 Å². The molecule has 0 bridgehead atoms. The summed E-state index contributed by atoms with van der Waals surface area (Å²) < 4.78 is 0. The van der Waals surface area contributed by atoms with E-state index >= 15 is 0 Å². The summed E-state index contributed by atoms with van der Waals surface area (Å²) in [5.41, 5.74) is 3.87. The predicted octanol–water partition coefficient (Wildman–Crippen LogP) is 3.34. The maximum atomic E-state index is 4.86. The van der Waals surface area contributed by atoms with E-state index < -0.39 is 0 Å². The van der Waals surface area contributed by atoms with E-state index in [2.05, 4.69) is 70.3 Å². The standard InChI is InChI=1S/C21H29N5.HI/c1-3-23-21(24-12-10-19-9-11-22-17-18(19)2)26-15-13-25(14-16-26)20-7-5-4-6-8-20;/h4-9,11,17H,3,10,12-16H2,1-2H3,(H,23,24);1H. The number of halogens is 1. The van der Waals surface area contributed by atoms with E-state index in [0.717, 1.165) is 51.6 Å².